The van der Waals surface area contributed by atoms with E-state index in [9.17, 15) is 14.4 Å². The first-order chi connectivity index (χ1) is 12.6. The van der Waals surface area contributed by atoms with Crippen molar-refractivity contribution in [2.75, 3.05) is 26.2 Å². The van der Waals surface area contributed by atoms with Crippen molar-refractivity contribution in [2.24, 2.45) is 5.92 Å². The molecule has 7 heteroatoms. The lowest BCUT2D eigenvalue weighted by Gasteiger charge is -2.38. The SMILES string of the molecule is CCC(=O)N1CCCC(C(=O)N2CCC(NC(=O)c3ccsc3)CC2)C1. The van der Waals surface area contributed by atoms with Crippen LogP contribution in [0.3, 0.4) is 0 Å². The first-order valence-electron chi connectivity index (χ1n) is 9.48. The Labute approximate surface area is 158 Å². The Morgan fingerprint density at radius 1 is 1.15 bits per heavy atom. The van der Waals surface area contributed by atoms with Gasteiger partial charge in [0.2, 0.25) is 11.8 Å². The maximum Gasteiger partial charge on any atom is 0.252 e. The van der Waals surface area contributed by atoms with E-state index in [1.54, 1.807) is 0 Å². The number of carbonyl (C=O) groups is 3. The molecule has 0 aliphatic carbocycles. The Bertz CT molecular complexity index is 638. The maximum absolute atomic E-state index is 12.8. The molecular weight excluding hydrogens is 350 g/mol. The van der Waals surface area contributed by atoms with Crippen LogP contribution in [0.25, 0.3) is 0 Å². The van der Waals surface area contributed by atoms with Crippen LogP contribution < -0.4 is 5.32 Å². The molecule has 2 aliphatic heterocycles. The summed E-state index contributed by atoms with van der Waals surface area (Å²) in [4.78, 5) is 40.6. The number of carbonyl (C=O) groups excluding carboxylic acids is 3. The molecule has 0 aromatic carbocycles. The number of amides is 3. The lowest BCUT2D eigenvalue weighted by Crippen LogP contribution is -2.51. The number of rotatable bonds is 4. The number of likely N-dealkylation sites (tertiary alicyclic amines) is 2. The van der Waals surface area contributed by atoms with Gasteiger partial charge in [-0.05, 0) is 37.1 Å². The van der Waals surface area contributed by atoms with Gasteiger partial charge >= 0.3 is 0 Å². The molecule has 3 amide bonds. The van der Waals surface area contributed by atoms with Crippen LogP contribution in [0.5, 0.6) is 0 Å². The van der Waals surface area contributed by atoms with Crippen LogP contribution in [0.4, 0.5) is 0 Å². The number of nitrogens with zero attached hydrogens (tertiary/aromatic N) is 2. The number of nitrogens with one attached hydrogen (secondary N) is 1. The second-order valence-corrected chi connectivity index (χ2v) is 7.90. The van der Waals surface area contributed by atoms with E-state index in [-0.39, 0.29) is 29.7 Å². The first kappa shape index (κ1) is 18.9. The average Bonchev–Trinajstić information content (AvgIpc) is 3.22. The van der Waals surface area contributed by atoms with Gasteiger partial charge in [0.1, 0.15) is 0 Å². The fourth-order valence-electron chi connectivity index (χ4n) is 3.79. The highest BCUT2D eigenvalue weighted by atomic mass is 32.1. The van der Waals surface area contributed by atoms with Crippen molar-refractivity contribution in [1.82, 2.24) is 15.1 Å². The Kier molecular flexibility index (Phi) is 6.29. The minimum Gasteiger partial charge on any atom is -0.349 e. The first-order valence-corrected chi connectivity index (χ1v) is 10.4. The van der Waals surface area contributed by atoms with Gasteiger partial charge in [-0.15, -0.1) is 0 Å². The van der Waals surface area contributed by atoms with Crippen LogP contribution in [0.2, 0.25) is 0 Å². The van der Waals surface area contributed by atoms with Gasteiger partial charge in [-0.1, -0.05) is 6.92 Å². The van der Waals surface area contributed by atoms with Gasteiger partial charge < -0.3 is 15.1 Å². The minimum atomic E-state index is -0.0730. The van der Waals surface area contributed by atoms with Gasteiger partial charge in [-0.25, -0.2) is 0 Å². The molecule has 1 aromatic heterocycles. The Balaban J connectivity index is 1.47. The normalized spacial score (nSPS) is 21.5. The summed E-state index contributed by atoms with van der Waals surface area (Å²) in [6.45, 7) is 4.54. The van der Waals surface area contributed by atoms with Gasteiger partial charge in [-0.2, -0.15) is 11.3 Å². The van der Waals surface area contributed by atoms with E-state index < -0.39 is 0 Å². The van der Waals surface area contributed by atoms with Crippen LogP contribution in [-0.2, 0) is 9.59 Å². The van der Waals surface area contributed by atoms with Crippen molar-refractivity contribution in [3.63, 3.8) is 0 Å². The summed E-state index contributed by atoms with van der Waals surface area (Å²) in [6.07, 6.45) is 3.82. The molecule has 1 atom stereocenters. The Hall–Kier alpha value is -1.89. The second kappa shape index (κ2) is 8.66. The standard InChI is InChI=1S/C19H27N3O3S/c1-2-17(23)22-8-3-4-14(12-22)19(25)21-9-5-16(6-10-21)20-18(24)15-7-11-26-13-15/h7,11,13-14,16H,2-6,8-10,12H2,1H3,(H,20,24). The van der Waals surface area contributed by atoms with Gasteiger partial charge in [0.25, 0.3) is 5.91 Å². The van der Waals surface area contributed by atoms with E-state index in [4.69, 9.17) is 0 Å². The van der Waals surface area contributed by atoms with E-state index in [0.717, 1.165) is 32.2 Å². The lowest BCUT2D eigenvalue weighted by molar-refractivity contribution is -0.141. The molecule has 2 fully saturated rings. The minimum absolute atomic E-state index is 0.0305. The summed E-state index contributed by atoms with van der Waals surface area (Å²) >= 11 is 1.51. The van der Waals surface area contributed by atoms with E-state index >= 15 is 0 Å². The fourth-order valence-corrected chi connectivity index (χ4v) is 4.43. The molecule has 0 bridgehead atoms. The van der Waals surface area contributed by atoms with Crippen LogP contribution in [0.1, 0.15) is 49.4 Å². The molecule has 0 radical (unpaired) electrons. The third-order valence-electron chi connectivity index (χ3n) is 5.35. The van der Waals surface area contributed by atoms with Gasteiger partial charge in [0.15, 0.2) is 0 Å². The second-order valence-electron chi connectivity index (χ2n) is 7.12. The molecule has 26 heavy (non-hydrogen) atoms. The van der Waals surface area contributed by atoms with Gasteiger partial charge in [0, 0.05) is 49.6 Å². The molecule has 0 saturated carbocycles. The highest BCUT2D eigenvalue weighted by molar-refractivity contribution is 7.08. The Morgan fingerprint density at radius 2 is 1.92 bits per heavy atom. The molecule has 2 saturated heterocycles. The topological polar surface area (TPSA) is 69.7 Å². The molecule has 1 unspecified atom stereocenters. The lowest BCUT2D eigenvalue weighted by atomic mass is 9.94. The summed E-state index contributed by atoms with van der Waals surface area (Å²) in [5, 5.41) is 6.81. The van der Waals surface area contributed by atoms with Crippen molar-refractivity contribution in [2.45, 2.75) is 45.1 Å². The van der Waals surface area contributed by atoms with E-state index in [1.807, 2.05) is 33.6 Å². The Morgan fingerprint density at radius 3 is 2.58 bits per heavy atom. The fraction of sp³-hybridized carbons (Fsp3) is 0.632. The highest BCUT2D eigenvalue weighted by Crippen LogP contribution is 2.22. The van der Waals surface area contributed by atoms with Crippen LogP contribution in [-0.4, -0.2) is 59.7 Å². The third kappa shape index (κ3) is 4.44. The van der Waals surface area contributed by atoms with Crippen molar-refractivity contribution >= 4 is 29.1 Å². The zero-order valence-electron chi connectivity index (χ0n) is 15.3. The summed E-state index contributed by atoms with van der Waals surface area (Å²) in [7, 11) is 0. The van der Waals surface area contributed by atoms with Crippen molar-refractivity contribution in [3.8, 4) is 0 Å². The van der Waals surface area contributed by atoms with Crippen LogP contribution in [0.15, 0.2) is 16.8 Å². The summed E-state index contributed by atoms with van der Waals surface area (Å²) < 4.78 is 0. The predicted octanol–water partition coefficient (Wildman–Crippen LogP) is 2.12. The highest BCUT2D eigenvalue weighted by Gasteiger charge is 2.32. The molecule has 0 spiro atoms. The number of thiophene rings is 1. The van der Waals surface area contributed by atoms with Crippen LogP contribution in [0, 0.1) is 5.92 Å². The monoisotopic (exact) mass is 377 g/mol. The van der Waals surface area contributed by atoms with Gasteiger partial charge in [-0.3, -0.25) is 14.4 Å². The summed E-state index contributed by atoms with van der Waals surface area (Å²) in [6, 6.07) is 1.95. The molecule has 1 N–H and O–H groups in total. The average molecular weight is 378 g/mol. The van der Waals surface area contributed by atoms with Gasteiger partial charge in [0.05, 0.1) is 5.92 Å². The van der Waals surface area contributed by atoms with Crippen LogP contribution >= 0.6 is 11.3 Å². The zero-order chi connectivity index (χ0) is 18.5. The third-order valence-corrected chi connectivity index (χ3v) is 6.03. The molecule has 142 valence electrons. The molecule has 3 heterocycles. The quantitative estimate of drug-likeness (QED) is 0.874. The van der Waals surface area contributed by atoms with E-state index in [1.165, 1.54) is 11.3 Å². The molecular formula is C19H27N3O3S. The van der Waals surface area contributed by atoms with E-state index in [0.29, 0.717) is 31.6 Å². The molecule has 6 nitrogen and oxygen atoms in total. The number of hydrogen-bond donors (Lipinski definition) is 1. The molecule has 1 aromatic rings. The zero-order valence-corrected chi connectivity index (χ0v) is 16.1. The largest absolute Gasteiger partial charge is 0.349 e. The van der Waals surface area contributed by atoms with Crippen molar-refractivity contribution in [3.05, 3.63) is 22.4 Å². The van der Waals surface area contributed by atoms with Crippen molar-refractivity contribution < 1.29 is 14.4 Å². The smallest absolute Gasteiger partial charge is 0.252 e. The van der Waals surface area contributed by atoms with E-state index in [2.05, 4.69) is 5.32 Å². The number of hydrogen-bond acceptors (Lipinski definition) is 4. The summed E-state index contributed by atoms with van der Waals surface area (Å²) in [5.41, 5.74) is 0.705. The van der Waals surface area contributed by atoms with Crippen molar-refractivity contribution in [1.29, 1.82) is 0 Å². The maximum atomic E-state index is 12.8. The predicted molar refractivity (Wildman–Crippen MR) is 101 cm³/mol. The molecule has 3 rings (SSSR count). The summed E-state index contributed by atoms with van der Waals surface area (Å²) in [5.74, 6) is 0.201. The molecule has 2 aliphatic rings. The number of piperidine rings is 2.